The Morgan fingerprint density at radius 1 is 1.14 bits per heavy atom. The molecule has 2 unspecified atom stereocenters. The highest BCUT2D eigenvalue weighted by Gasteiger charge is 2.35. The molecule has 2 aliphatic rings. The Balaban J connectivity index is 1.89. The zero-order chi connectivity index (χ0) is 10.2. The van der Waals surface area contributed by atoms with E-state index in [0.29, 0.717) is 19.1 Å². The van der Waals surface area contributed by atoms with Crippen molar-refractivity contribution in [2.45, 2.75) is 37.5 Å². The normalized spacial score (nSPS) is 34.5. The van der Waals surface area contributed by atoms with Gasteiger partial charge in [-0.05, 0) is 19.3 Å². The van der Waals surface area contributed by atoms with Crippen molar-refractivity contribution in [2.24, 2.45) is 0 Å². The van der Waals surface area contributed by atoms with E-state index in [-0.39, 0.29) is 6.04 Å². The van der Waals surface area contributed by atoms with Crippen molar-refractivity contribution >= 4 is 0 Å². The summed E-state index contributed by atoms with van der Waals surface area (Å²) >= 11 is 0. The highest BCUT2D eigenvalue weighted by Crippen LogP contribution is 2.23. The van der Waals surface area contributed by atoms with Gasteiger partial charge in [0.05, 0.1) is 6.54 Å². The van der Waals surface area contributed by atoms with Crippen LogP contribution in [0.25, 0.3) is 0 Å². The molecule has 0 amide bonds. The number of halogens is 3. The van der Waals surface area contributed by atoms with Gasteiger partial charge in [-0.3, -0.25) is 4.90 Å². The summed E-state index contributed by atoms with van der Waals surface area (Å²) in [6, 6.07) is 0.739. The van der Waals surface area contributed by atoms with Crippen LogP contribution in [0.2, 0.25) is 0 Å². The van der Waals surface area contributed by atoms with Crippen LogP contribution in [-0.4, -0.2) is 42.8 Å². The van der Waals surface area contributed by atoms with E-state index < -0.39 is 12.7 Å². The maximum absolute atomic E-state index is 12.2. The summed E-state index contributed by atoms with van der Waals surface area (Å²) in [6.45, 7) is 0.377. The Kier molecular flexibility index (Phi) is 2.70. The number of nitrogens with one attached hydrogen (secondary N) is 1. The fourth-order valence-electron chi connectivity index (χ4n) is 2.41. The summed E-state index contributed by atoms with van der Waals surface area (Å²) in [4.78, 5) is 1.52. The van der Waals surface area contributed by atoms with E-state index in [1.54, 1.807) is 0 Å². The van der Waals surface area contributed by atoms with Crippen LogP contribution in [0.4, 0.5) is 13.2 Å². The zero-order valence-electron chi connectivity index (χ0n) is 7.98. The number of rotatable bonds is 1. The van der Waals surface area contributed by atoms with Gasteiger partial charge in [0, 0.05) is 25.2 Å². The number of nitrogens with zero attached hydrogens (tertiary/aromatic N) is 1. The van der Waals surface area contributed by atoms with Gasteiger partial charge in [-0.1, -0.05) is 0 Å². The second-order valence-corrected chi connectivity index (χ2v) is 4.28. The average molecular weight is 208 g/mol. The molecule has 2 nitrogen and oxygen atoms in total. The highest BCUT2D eigenvalue weighted by molar-refractivity contribution is 4.89. The molecule has 0 saturated carbocycles. The molecule has 82 valence electrons. The third kappa shape index (κ3) is 2.60. The second kappa shape index (κ2) is 3.70. The molecule has 0 aromatic carbocycles. The summed E-state index contributed by atoms with van der Waals surface area (Å²) in [5.74, 6) is 0. The third-order valence-corrected chi connectivity index (χ3v) is 3.01. The molecule has 2 heterocycles. The van der Waals surface area contributed by atoms with Gasteiger partial charge in [-0.15, -0.1) is 0 Å². The molecule has 0 aromatic heterocycles. The Morgan fingerprint density at radius 2 is 1.86 bits per heavy atom. The minimum absolute atomic E-state index is 0.282. The van der Waals surface area contributed by atoms with Gasteiger partial charge in [0.15, 0.2) is 0 Å². The number of alkyl halides is 3. The summed E-state index contributed by atoms with van der Waals surface area (Å²) in [6.07, 6.45) is -1.04. The second-order valence-electron chi connectivity index (χ2n) is 4.28. The molecule has 14 heavy (non-hydrogen) atoms. The van der Waals surface area contributed by atoms with E-state index >= 15 is 0 Å². The van der Waals surface area contributed by atoms with Crippen molar-refractivity contribution in [1.82, 2.24) is 10.2 Å². The summed E-state index contributed by atoms with van der Waals surface area (Å²) in [7, 11) is 0. The zero-order valence-corrected chi connectivity index (χ0v) is 7.98. The van der Waals surface area contributed by atoms with Crippen LogP contribution in [0.1, 0.15) is 19.3 Å². The minimum atomic E-state index is -4.05. The number of hydrogen-bond donors (Lipinski definition) is 1. The van der Waals surface area contributed by atoms with Crippen LogP contribution >= 0.6 is 0 Å². The van der Waals surface area contributed by atoms with Crippen LogP contribution in [0.5, 0.6) is 0 Å². The minimum Gasteiger partial charge on any atom is -0.310 e. The monoisotopic (exact) mass is 208 g/mol. The fourth-order valence-corrected chi connectivity index (χ4v) is 2.41. The number of fused-ring (bicyclic) bond motifs is 2. The molecule has 0 aromatic rings. The Bertz CT molecular complexity index is 205. The van der Waals surface area contributed by atoms with Crippen molar-refractivity contribution in [3.05, 3.63) is 0 Å². The van der Waals surface area contributed by atoms with Crippen LogP contribution in [-0.2, 0) is 0 Å². The lowest BCUT2D eigenvalue weighted by molar-refractivity contribution is -0.146. The molecule has 2 saturated heterocycles. The van der Waals surface area contributed by atoms with Crippen molar-refractivity contribution in [3.8, 4) is 0 Å². The van der Waals surface area contributed by atoms with Gasteiger partial charge in [-0.2, -0.15) is 13.2 Å². The Labute approximate surface area is 81.5 Å². The van der Waals surface area contributed by atoms with Crippen molar-refractivity contribution in [2.75, 3.05) is 19.6 Å². The first kappa shape index (κ1) is 10.2. The molecule has 2 fully saturated rings. The molecule has 1 N–H and O–H groups in total. The van der Waals surface area contributed by atoms with Gasteiger partial charge < -0.3 is 5.32 Å². The SMILES string of the molecule is FC(F)(F)CN1CCC2CCC(C1)N2. The molecule has 2 bridgehead atoms. The predicted octanol–water partition coefficient (Wildman–Crippen LogP) is 1.37. The molecule has 0 radical (unpaired) electrons. The third-order valence-electron chi connectivity index (χ3n) is 3.01. The first-order valence-electron chi connectivity index (χ1n) is 5.08. The van der Waals surface area contributed by atoms with Gasteiger partial charge in [0.25, 0.3) is 0 Å². The molecular formula is C9H15F3N2. The van der Waals surface area contributed by atoms with Gasteiger partial charge >= 0.3 is 6.18 Å². The van der Waals surface area contributed by atoms with E-state index in [4.69, 9.17) is 0 Å². The number of likely N-dealkylation sites (tertiary alicyclic amines) is 1. The Hall–Kier alpha value is -0.290. The van der Waals surface area contributed by atoms with Crippen molar-refractivity contribution in [1.29, 1.82) is 0 Å². The molecule has 0 spiro atoms. The largest absolute Gasteiger partial charge is 0.401 e. The standard InChI is InChI=1S/C9H15F3N2/c10-9(11,12)6-14-4-3-7-1-2-8(5-14)13-7/h7-8,13H,1-6H2. The topological polar surface area (TPSA) is 15.3 Å². The van der Waals surface area contributed by atoms with Crippen LogP contribution in [0.3, 0.4) is 0 Å². The van der Waals surface area contributed by atoms with E-state index in [2.05, 4.69) is 5.32 Å². The fraction of sp³-hybridized carbons (Fsp3) is 1.00. The summed E-state index contributed by atoms with van der Waals surface area (Å²) in [5.41, 5.74) is 0. The van der Waals surface area contributed by atoms with Crippen LogP contribution < -0.4 is 5.32 Å². The maximum atomic E-state index is 12.2. The van der Waals surface area contributed by atoms with Crippen LogP contribution in [0, 0.1) is 0 Å². The molecule has 2 atom stereocenters. The molecule has 0 aliphatic carbocycles. The average Bonchev–Trinajstić information content (AvgIpc) is 2.35. The first-order chi connectivity index (χ1) is 6.53. The summed E-state index contributed by atoms with van der Waals surface area (Å²) in [5, 5.41) is 3.36. The molecular weight excluding hydrogens is 193 g/mol. The lowest BCUT2D eigenvalue weighted by Crippen LogP contribution is -2.40. The smallest absolute Gasteiger partial charge is 0.310 e. The van der Waals surface area contributed by atoms with E-state index in [1.165, 1.54) is 4.90 Å². The van der Waals surface area contributed by atoms with E-state index in [9.17, 15) is 13.2 Å². The van der Waals surface area contributed by atoms with Gasteiger partial charge in [0.2, 0.25) is 0 Å². The lowest BCUT2D eigenvalue weighted by Gasteiger charge is -2.24. The first-order valence-corrected chi connectivity index (χ1v) is 5.08. The van der Waals surface area contributed by atoms with E-state index in [1.807, 2.05) is 0 Å². The predicted molar refractivity (Wildman–Crippen MR) is 47.1 cm³/mol. The number of hydrogen-bond acceptors (Lipinski definition) is 2. The molecule has 5 heteroatoms. The van der Waals surface area contributed by atoms with Gasteiger partial charge in [-0.25, -0.2) is 0 Å². The van der Waals surface area contributed by atoms with Gasteiger partial charge in [0.1, 0.15) is 0 Å². The summed E-state index contributed by atoms with van der Waals surface area (Å²) < 4.78 is 36.5. The lowest BCUT2D eigenvalue weighted by atomic mass is 10.1. The van der Waals surface area contributed by atoms with Crippen molar-refractivity contribution in [3.63, 3.8) is 0 Å². The molecule has 2 aliphatic heterocycles. The molecule has 2 rings (SSSR count). The van der Waals surface area contributed by atoms with E-state index in [0.717, 1.165) is 19.3 Å². The quantitative estimate of drug-likeness (QED) is 0.700. The van der Waals surface area contributed by atoms with Crippen molar-refractivity contribution < 1.29 is 13.2 Å². The maximum Gasteiger partial charge on any atom is 0.401 e. The van der Waals surface area contributed by atoms with Crippen LogP contribution in [0.15, 0.2) is 0 Å². The Morgan fingerprint density at radius 3 is 2.57 bits per heavy atom. The highest BCUT2D eigenvalue weighted by atomic mass is 19.4.